The summed E-state index contributed by atoms with van der Waals surface area (Å²) >= 11 is 0. The molecule has 8 heteroatoms. The first-order valence-electron chi connectivity index (χ1n) is 11.3. The number of likely N-dealkylation sites (tertiary alicyclic amines) is 1. The average molecular weight is 451 g/mol. The number of halogens is 4. The summed E-state index contributed by atoms with van der Waals surface area (Å²) in [4.78, 5) is 10.9. The minimum absolute atomic E-state index is 0.197. The molecule has 0 bridgehead atoms. The molecule has 0 amide bonds. The van der Waals surface area contributed by atoms with E-state index in [1.165, 1.54) is 24.4 Å². The summed E-state index contributed by atoms with van der Waals surface area (Å²) in [6.07, 6.45) is 0.231. The predicted octanol–water partition coefficient (Wildman–Crippen LogP) is 4.41. The lowest BCUT2D eigenvalue weighted by molar-refractivity contribution is -0.141. The Balaban J connectivity index is 1.22. The van der Waals surface area contributed by atoms with Crippen LogP contribution in [0.2, 0.25) is 0 Å². The molecule has 0 atom stereocenters. The maximum atomic E-state index is 13.1. The molecule has 0 unspecified atom stereocenters. The van der Waals surface area contributed by atoms with E-state index in [-0.39, 0.29) is 5.82 Å². The van der Waals surface area contributed by atoms with Crippen LogP contribution in [0.3, 0.4) is 0 Å². The predicted molar refractivity (Wildman–Crippen MR) is 115 cm³/mol. The Morgan fingerprint density at radius 3 is 2.09 bits per heavy atom. The molecule has 0 saturated carbocycles. The van der Waals surface area contributed by atoms with Crippen LogP contribution in [0.15, 0.2) is 42.6 Å². The molecule has 0 radical (unpaired) electrons. The van der Waals surface area contributed by atoms with Gasteiger partial charge in [-0.2, -0.15) is 13.2 Å². The number of pyridine rings is 1. The van der Waals surface area contributed by atoms with E-state index in [0.29, 0.717) is 12.6 Å². The highest BCUT2D eigenvalue weighted by Gasteiger charge is 2.32. The van der Waals surface area contributed by atoms with Crippen molar-refractivity contribution in [3.8, 4) is 0 Å². The third-order valence-electron chi connectivity index (χ3n) is 6.54. The second kappa shape index (κ2) is 10.3. The minimum Gasteiger partial charge on any atom is -0.299 e. The third-order valence-corrected chi connectivity index (χ3v) is 6.54. The number of rotatable bonds is 5. The molecule has 4 nitrogen and oxygen atoms in total. The molecular formula is C24H30F4N4. The Kier molecular flexibility index (Phi) is 7.43. The van der Waals surface area contributed by atoms with E-state index >= 15 is 0 Å². The van der Waals surface area contributed by atoms with Crippen molar-refractivity contribution in [2.75, 3.05) is 39.3 Å². The molecule has 3 heterocycles. The summed E-state index contributed by atoms with van der Waals surface area (Å²) in [5.41, 5.74) is 1.13. The molecular weight excluding hydrogens is 420 g/mol. The standard InChI is InChI=1S/C24H30F4N4/c25-21-5-2-19(3-6-21)17-30-10-1-11-32(15-14-30)22-8-12-31(13-9-22)18-20-4-7-23(29-16-20)24(26,27)28/h2-7,16,22H,1,8-15,17-18H2. The lowest BCUT2D eigenvalue weighted by Gasteiger charge is -2.38. The lowest BCUT2D eigenvalue weighted by atomic mass is 10.0. The van der Waals surface area contributed by atoms with Gasteiger partial charge in [0.15, 0.2) is 0 Å². The van der Waals surface area contributed by atoms with Gasteiger partial charge in [-0.1, -0.05) is 18.2 Å². The van der Waals surface area contributed by atoms with Gasteiger partial charge in [0, 0.05) is 38.4 Å². The van der Waals surface area contributed by atoms with E-state index in [0.717, 1.165) is 82.3 Å². The van der Waals surface area contributed by atoms with Crippen LogP contribution in [0.25, 0.3) is 0 Å². The highest BCUT2D eigenvalue weighted by molar-refractivity contribution is 5.17. The topological polar surface area (TPSA) is 22.6 Å². The molecule has 0 spiro atoms. The van der Waals surface area contributed by atoms with Crippen LogP contribution in [0, 0.1) is 5.82 Å². The largest absolute Gasteiger partial charge is 0.433 e. The molecule has 2 saturated heterocycles. The Morgan fingerprint density at radius 2 is 1.44 bits per heavy atom. The van der Waals surface area contributed by atoms with Crippen molar-refractivity contribution in [1.82, 2.24) is 19.7 Å². The summed E-state index contributed by atoms with van der Waals surface area (Å²) in [5.74, 6) is -0.197. The second-order valence-electron chi connectivity index (χ2n) is 8.85. The smallest absolute Gasteiger partial charge is 0.299 e. The molecule has 2 aromatic rings. The van der Waals surface area contributed by atoms with Crippen LogP contribution in [0.5, 0.6) is 0 Å². The first-order valence-corrected chi connectivity index (χ1v) is 11.3. The van der Waals surface area contributed by atoms with Gasteiger partial charge in [0.25, 0.3) is 0 Å². The van der Waals surface area contributed by atoms with Crippen molar-refractivity contribution < 1.29 is 17.6 Å². The molecule has 32 heavy (non-hydrogen) atoms. The Labute approximate surface area is 186 Å². The van der Waals surface area contributed by atoms with Crippen LogP contribution in [0.4, 0.5) is 17.6 Å². The van der Waals surface area contributed by atoms with Crippen molar-refractivity contribution in [3.05, 3.63) is 65.2 Å². The molecule has 0 N–H and O–H groups in total. The van der Waals surface area contributed by atoms with E-state index in [1.807, 2.05) is 12.1 Å². The Bertz CT molecular complexity index is 846. The molecule has 1 aromatic carbocycles. The molecule has 2 aliphatic rings. The molecule has 174 valence electrons. The summed E-state index contributed by atoms with van der Waals surface area (Å²) in [6, 6.07) is 9.92. The van der Waals surface area contributed by atoms with E-state index in [2.05, 4.69) is 19.7 Å². The first kappa shape index (κ1) is 23.1. The maximum absolute atomic E-state index is 13.1. The average Bonchev–Trinajstić information content (AvgIpc) is 3.01. The van der Waals surface area contributed by atoms with E-state index < -0.39 is 11.9 Å². The fraction of sp³-hybridized carbons (Fsp3) is 0.542. The Morgan fingerprint density at radius 1 is 0.781 bits per heavy atom. The number of hydrogen-bond donors (Lipinski definition) is 0. The van der Waals surface area contributed by atoms with E-state index in [1.54, 1.807) is 0 Å². The number of nitrogens with zero attached hydrogens (tertiary/aromatic N) is 4. The zero-order chi connectivity index (χ0) is 22.6. The Hall–Kier alpha value is -2.03. The van der Waals surface area contributed by atoms with Gasteiger partial charge in [-0.25, -0.2) is 4.39 Å². The van der Waals surface area contributed by atoms with Crippen LogP contribution in [-0.4, -0.2) is 65.0 Å². The normalized spacial score (nSPS) is 20.4. The number of aromatic nitrogens is 1. The van der Waals surface area contributed by atoms with Crippen molar-refractivity contribution in [2.45, 2.75) is 44.6 Å². The SMILES string of the molecule is Fc1ccc(CN2CCCN(C3CCN(Cc4ccc(C(F)(F)F)nc4)CC3)CC2)cc1. The van der Waals surface area contributed by atoms with Crippen molar-refractivity contribution in [1.29, 1.82) is 0 Å². The van der Waals surface area contributed by atoms with Gasteiger partial charge in [0.05, 0.1) is 0 Å². The highest BCUT2D eigenvalue weighted by Crippen LogP contribution is 2.27. The van der Waals surface area contributed by atoms with Crippen LogP contribution in [-0.2, 0) is 19.3 Å². The first-order chi connectivity index (χ1) is 15.4. The van der Waals surface area contributed by atoms with Crippen LogP contribution >= 0.6 is 0 Å². The van der Waals surface area contributed by atoms with Gasteiger partial charge in [-0.15, -0.1) is 0 Å². The summed E-state index contributed by atoms with van der Waals surface area (Å²) in [5, 5.41) is 0. The number of hydrogen-bond acceptors (Lipinski definition) is 4. The van der Waals surface area contributed by atoms with E-state index in [9.17, 15) is 17.6 Å². The number of piperidine rings is 1. The zero-order valence-electron chi connectivity index (χ0n) is 18.2. The number of benzene rings is 1. The summed E-state index contributed by atoms with van der Waals surface area (Å²) in [7, 11) is 0. The quantitative estimate of drug-likeness (QED) is 0.630. The maximum Gasteiger partial charge on any atom is 0.433 e. The van der Waals surface area contributed by atoms with Gasteiger partial charge in [-0.05, 0) is 74.8 Å². The van der Waals surface area contributed by atoms with Crippen LogP contribution < -0.4 is 0 Å². The third kappa shape index (κ3) is 6.27. The zero-order valence-corrected chi connectivity index (χ0v) is 18.2. The van der Waals surface area contributed by atoms with Crippen molar-refractivity contribution in [3.63, 3.8) is 0 Å². The van der Waals surface area contributed by atoms with Crippen molar-refractivity contribution in [2.24, 2.45) is 0 Å². The fourth-order valence-electron chi connectivity index (χ4n) is 4.75. The lowest BCUT2D eigenvalue weighted by Crippen LogP contribution is -2.45. The summed E-state index contributed by atoms with van der Waals surface area (Å²) < 4.78 is 51.2. The molecule has 4 rings (SSSR count). The van der Waals surface area contributed by atoms with Gasteiger partial charge in [0.1, 0.15) is 11.5 Å². The fourth-order valence-corrected chi connectivity index (χ4v) is 4.75. The van der Waals surface area contributed by atoms with Gasteiger partial charge in [0.2, 0.25) is 0 Å². The molecule has 0 aliphatic carbocycles. The van der Waals surface area contributed by atoms with Crippen LogP contribution in [0.1, 0.15) is 36.1 Å². The van der Waals surface area contributed by atoms with Crippen molar-refractivity contribution >= 4 is 0 Å². The molecule has 1 aromatic heterocycles. The van der Waals surface area contributed by atoms with Gasteiger partial charge < -0.3 is 0 Å². The monoisotopic (exact) mass is 450 g/mol. The van der Waals surface area contributed by atoms with Gasteiger partial charge >= 0.3 is 6.18 Å². The number of alkyl halides is 3. The molecule has 2 fully saturated rings. The van der Waals surface area contributed by atoms with Gasteiger partial charge in [-0.3, -0.25) is 19.7 Å². The molecule has 2 aliphatic heterocycles. The highest BCUT2D eigenvalue weighted by atomic mass is 19.4. The minimum atomic E-state index is -4.39. The summed E-state index contributed by atoms with van der Waals surface area (Å²) in [6.45, 7) is 7.57. The van der Waals surface area contributed by atoms with E-state index in [4.69, 9.17) is 0 Å². The second-order valence-corrected chi connectivity index (χ2v) is 8.85.